The quantitative estimate of drug-likeness (QED) is 0.516. The summed E-state index contributed by atoms with van der Waals surface area (Å²) in [5.41, 5.74) is 0. The van der Waals surface area contributed by atoms with Gasteiger partial charge in [0, 0.05) is 13.3 Å². The molecule has 0 heterocycles. The molecule has 8 heavy (non-hydrogen) atoms. The summed E-state index contributed by atoms with van der Waals surface area (Å²) in [7, 11) is 0. The zero-order chi connectivity index (χ0) is 6.57. The first-order chi connectivity index (χ1) is 3.66. The van der Waals surface area contributed by atoms with Crippen LogP contribution < -0.4 is 5.32 Å². The third kappa shape index (κ3) is 3.33. The van der Waals surface area contributed by atoms with Crippen molar-refractivity contribution in [3.05, 3.63) is 6.92 Å². The number of hydrogen-bond acceptors (Lipinski definition) is 2. The van der Waals surface area contributed by atoms with Crippen molar-refractivity contribution < 1.29 is 9.59 Å². The van der Waals surface area contributed by atoms with E-state index in [1.165, 1.54) is 0 Å². The lowest BCUT2D eigenvalue weighted by atomic mass is 10.4. The predicted octanol–water partition coefficient (Wildman–Crippen LogP) is -0.127. The second kappa shape index (κ2) is 3.18. The number of rotatable bonds is 1. The Labute approximate surface area is 48.1 Å². The summed E-state index contributed by atoms with van der Waals surface area (Å²) in [4.78, 5) is 20.2. The van der Waals surface area contributed by atoms with Gasteiger partial charge in [-0.1, -0.05) is 6.92 Å². The molecule has 0 aliphatic rings. The minimum atomic E-state index is -0.545. The highest BCUT2D eigenvalue weighted by molar-refractivity contribution is 5.96. The molecule has 0 fully saturated rings. The Balaban J connectivity index is 3.40. The molecule has 0 atom stereocenters. The molecule has 1 N–H and O–H groups in total. The van der Waals surface area contributed by atoms with Gasteiger partial charge in [-0.2, -0.15) is 0 Å². The van der Waals surface area contributed by atoms with E-state index < -0.39 is 5.91 Å². The van der Waals surface area contributed by atoms with Crippen LogP contribution in [-0.2, 0) is 9.59 Å². The Morgan fingerprint density at radius 3 is 2.25 bits per heavy atom. The molecule has 0 unspecified atom stereocenters. The maximum Gasteiger partial charge on any atom is 0.227 e. The molecule has 0 saturated heterocycles. The standard InChI is InChI=1S/C5H8NO2/c1-3-5(8)6-4(2)7/h2-3H2,1H3,(H,6,7,8). The summed E-state index contributed by atoms with van der Waals surface area (Å²) in [6.07, 6.45) is 0.321. The lowest BCUT2D eigenvalue weighted by Crippen LogP contribution is -2.26. The Hall–Kier alpha value is -0.860. The van der Waals surface area contributed by atoms with Crippen molar-refractivity contribution in [2.75, 3.05) is 0 Å². The van der Waals surface area contributed by atoms with Gasteiger partial charge in [-0.15, -0.1) is 0 Å². The molecule has 3 nitrogen and oxygen atoms in total. The molecule has 45 valence electrons. The fraction of sp³-hybridized carbons (Fsp3) is 0.400. The smallest absolute Gasteiger partial charge is 0.227 e. The summed E-state index contributed by atoms with van der Waals surface area (Å²) in [6.45, 7) is 4.62. The van der Waals surface area contributed by atoms with E-state index in [9.17, 15) is 9.59 Å². The Morgan fingerprint density at radius 2 is 2.12 bits per heavy atom. The fourth-order valence-corrected chi connectivity index (χ4v) is 0.244. The highest BCUT2D eigenvalue weighted by Gasteiger charge is 1.96. The van der Waals surface area contributed by atoms with E-state index in [-0.39, 0.29) is 5.91 Å². The average Bonchev–Trinajstić information content (AvgIpc) is 1.65. The zero-order valence-corrected chi connectivity index (χ0v) is 4.73. The first-order valence-electron chi connectivity index (χ1n) is 2.32. The third-order valence-electron chi connectivity index (χ3n) is 0.600. The van der Waals surface area contributed by atoms with Crippen molar-refractivity contribution in [3.8, 4) is 0 Å². The number of carbonyl (C=O) groups is 2. The van der Waals surface area contributed by atoms with Crippen LogP contribution in [0.5, 0.6) is 0 Å². The van der Waals surface area contributed by atoms with Gasteiger partial charge in [0.2, 0.25) is 11.8 Å². The van der Waals surface area contributed by atoms with Gasteiger partial charge in [0.05, 0.1) is 0 Å². The second-order valence-electron chi connectivity index (χ2n) is 1.32. The molecular weight excluding hydrogens is 106 g/mol. The summed E-state index contributed by atoms with van der Waals surface area (Å²) in [5.74, 6) is -0.832. The van der Waals surface area contributed by atoms with Crippen molar-refractivity contribution in [3.63, 3.8) is 0 Å². The van der Waals surface area contributed by atoms with Crippen molar-refractivity contribution in [1.82, 2.24) is 5.32 Å². The highest BCUT2D eigenvalue weighted by Crippen LogP contribution is 1.72. The van der Waals surface area contributed by atoms with E-state index in [1.807, 2.05) is 5.32 Å². The Bertz CT molecular complexity index is 109. The first kappa shape index (κ1) is 7.14. The fourth-order valence-electron chi connectivity index (χ4n) is 0.244. The molecule has 0 aromatic heterocycles. The van der Waals surface area contributed by atoms with Crippen LogP contribution in [0.2, 0.25) is 0 Å². The maximum atomic E-state index is 10.3. The summed E-state index contributed by atoms with van der Waals surface area (Å²) in [5, 5.41) is 2.00. The number of carbonyl (C=O) groups excluding carboxylic acids is 2. The van der Waals surface area contributed by atoms with Crippen molar-refractivity contribution in [1.29, 1.82) is 0 Å². The average molecular weight is 114 g/mol. The summed E-state index contributed by atoms with van der Waals surface area (Å²) in [6, 6.07) is 0. The van der Waals surface area contributed by atoms with E-state index >= 15 is 0 Å². The largest absolute Gasteiger partial charge is 0.296 e. The Morgan fingerprint density at radius 1 is 1.62 bits per heavy atom. The molecule has 0 aliphatic carbocycles. The van der Waals surface area contributed by atoms with Crippen molar-refractivity contribution >= 4 is 11.8 Å². The summed E-state index contributed by atoms with van der Waals surface area (Å²) < 4.78 is 0. The molecule has 0 saturated carbocycles. The third-order valence-corrected chi connectivity index (χ3v) is 0.600. The van der Waals surface area contributed by atoms with Gasteiger partial charge in [-0.3, -0.25) is 14.9 Å². The van der Waals surface area contributed by atoms with Crippen LogP contribution in [0, 0.1) is 6.92 Å². The molecule has 0 aromatic rings. The van der Waals surface area contributed by atoms with Gasteiger partial charge in [-0.25, -0.2) is 0 Å². The number of imide groups is 1. The van der Waals surface area contributed by atoms with Crippen LogP contribution in [0.1, 0.15) is 13.3 Å². The van der Waals surface area contributed by atoms with Gasteiger partial charge in [0.15, 0.2) is 0 Å². The van der Waals surface area contributed by atoms with Gasteiger partial charge < -0.3 is 0 Å². The monoisotopic (exact) mass is 114 g/mol. The topological polar surface area (TPSA) is 46.2 Å². The molecule has 0 bridgehead atoms. The normalized spacial score (nSPS) is 8.25. The SMILES string of the molecule is [CH2]C(=O)NC(=O)CC. The molecule has 0 aliphatic heterocycles. The minimum Gasteiger partial charge on any atom is -0.296 e. The predicted molar refractivity (Wildman–Crippen MR) is 28.8 cm³/mol. The van der Waals surface area contributed by atoms with E-state index in [0.29, 0.717) is 6.42 Å². The Kier molecular flexibility index (Phi) is 2.84. The maximum absolute atomic E-state index is 10.3. The molecular formula is C5H8NO2. The summed E-state index contributed by atoms with van der Waals surface area (Å²) >= 11 is 0. The van der Waals surface area contributed by atoms with Gasteiger partial charge in [0.1, 0.15) is 0 Å². The van der Waals surface area contributed by atoms with Crippen LogP contribution in [0.4, 0.5) is 0 Å². The van der Waals surface area contributed by atoms with Crippen LogP contribution >= 0.6 is 0 Å². The molecule has 0 rings (SSSR count). The van der Waals surface area contributed by atoms with Crippen molar-refractivity contribution in [2.24, 2.45) is 0 Å². The van der Waals surface area contributed by atoms with Crippen LogP contribution in [0.15, 0.2) is 0 Å². The van der Waals surface area contributed by atoms with Crippen molar-refractivity contribution in [2.45, 2.75) is 13.3 Å². The van der Waals surface area contributed by atoms with Crippen LogP contribution in [0.25, 0.3) is 0 Å². The van der Waals surface area contributed by atoms with E-state index in [0.717, 1.165) is 0 Å². The number of nitrogens with one attached hydrogen (secondary N) is 1. The van der Waals surface area contributed by atoms with Gasteiger partial charge >= 0.3 is 0 Å². The number of hydrogen-bond donors (Lipinski definition) is 1. The van der Waals surface area contributed by atoms with Crippen LogP contribution in [0.3, 0.4) is 0 Å². The van der Waals surface area contributed by atoms with Gasteiger partial charge in [-0.05, 0) is 0 Å². The van der Waals surface area contributed by atoms with Crippen LogP contribution in [-0.4, -0.2) is 11.8 Å². The molecule has 2 amide bonds. The lowest BCUT2D eigenvalue weighted by Gasteiger charge is -1.92. The molecule has 1 radical (unpaired) electrons. The van der Waals surface area contributed by atoms with E-state index in [4.69, 9.17) is 0 Å². The molecule has 0 spiro atoms. The zero-order valence-electron chi connectivity index (χ0n) is 4.73. The molecule has 0 aromatic carbocycles. The van der Waals surface area contributed by atoms with E-state index in [1.54, 1.807) is 6.92 Å². The lowest BCUT2D eigenvalue weighted by molar-refractivity contribution is -0.127. The number of amides is 2. The highest BCUT2D eigenvalue weighted by atomic mass is 16.2. The van der Waals surface area contributed by atoms with E-state index in [2.05, 4.69) is 6.92 Å². The second-order valence-corrected chi connectivity index (χ2v) is 1.32. The minimum absolute atomic E-state index is 0.287. The molecule has 3 heteroatoms. The first-order valence-corrected chi connectivity index (χ1v) is 2.32. The van der Waals surface area contributed by atoms with Gasteiger partial charge in [0.25, 0.3) is 0 Å².